The fourth-order valence-corrected chi connectivity index (χ4v) is 2.44. The van der Waals surface area contributed by atoms with Gasteiger partial charge in [-0.1, -0.05) is 0 Å². The van der Waals surface area contributed by atoms with Crippen molar-refractivity contribution < 1.29 is 23.4 Å². The van der Waals surface area contributed by atoms with Crippen LogP contribution < -0.4 is 10.1 Å². The lowest BCUT2D eigenvalue weighted by Crippen LogP contribution is -2.41. The molecular formula is C16H23F2NO3. The summed E-state index contributed by atoms with van der Waals surface area (Å²) < 4.78 is 36.5. The van der Waals surface area contributed by atoms with Crippen molar-refractivity contribution in [1.29, 1.82) is 0 Å². The molecule has 6 heteroatoms. The van der Waals surface area contributed by atoms with E-state index in [9.17, 15) is 13.9 Å². The Morgan fingerprint density at radius 1 is 1.32 bits per heavy atom. The molecule has 1 aliphatic rings. The maximum Gasteiger partial charge on any atom is 0.162 e. The highest BCUT2D eigenvalue weighted by molar-refractivity contribution is 5.23. The van der Waals surface area contributed by atoms with E-state index in [-0.39, 0.29) is 17.7 Å². The molecule has 0 saturated carbocycles. The van der Waals surface area contributed by atoms with Crippen LogP contribution in [-0.2, 0) is 4.74 Å². The molecule has 1 aliphatic heterocycles. The van der Waals surface area contributed by atoms with Gasteiger partial charge in [-0.2, -0.15) is 0 Å². The highest BCUT2D eigenvalue weighted by atomic mass is 19.2. The van der Waals surface area contributed by atoms with Crippen molar-refractivity contribution in [2.45, 2.75) is 31.9 Å². The minimum absolute atomic E-state index is 0.0115. The highest BCUT2D eigenvalue weighted by Gasteiger charge is 2.22. The zero-order valence-electron chi connectivity index (χ0n) is 12.7. The predicted octanol–water partition coefficient (Wildman–Crippen LogP) is 2.11. The van der Waals surface area contributed by atoms with Gasteiger partial charge in [-0.25, -0.2) is 8.78 Å². The summed E-state index contributed by atoms with van der Waals surface area (Å²) in [4.78, 5) is 0. The molecule has 0 bridgehead atoms. The Morgan fingerprint density at radius 2 is 2.05 bits per heavy atom. The van der Waals surface area contributed by atoms with Crippen molar-refractivity contribution >= 4 is 0 Å². The van der Waals surface area contributed by atoms with E-state index in [0.717, 1.165) is 25.0 Å². The highest BCUT2D eigenvalue weighted by Crippen LogP contribution is 2.18. The number of halogens is 2. The average Bonchev–Trinajstić information content (AvgIpc) is 2.54. The summed E-state index contributed by atoms with van der Waals surface area (Å²) in [5.41, 5.74) is 0. The van der Waals surface area contributed by atoms with Crippen molar-refractivity contribution in [3.05, 3.63) is 29.8 Å². The van der Waals surface area contributed by atoms with Crippen LogP contribution in [0.25, 0.3) is 0 Å². The minimum Gasteiger partial charge on any atom is -0.492 e. The van der Waals surface area contributed by atoms with Gasteiger partial charge in [0.25, 0.3) is 0 Å². The number of benzene rings is 1. The largest absolute Gasteiger partial charge is 0.492 e. The fourth-order valence-electron chi connectivity index (χ4n) is 2.44. The molecule has 124 valence electrons. The monoisotopic (exact) mass is 315 g/mol. The van der Waals surface area contributed by atoms with Crippen LogP contribution in [0.5, 0.6) is 5.75 Å². The van der Waals surface area contributed by atoms with Gasteiger partial charge in [-0.3, -0.25) is 0 Å². The number of hydrogen-bond donors (Lipinski definition) is 2. The van der Waals surface area contributed by atoms with E-state index in [2.05, 4.69) is 5.32 Å². The molecule has 22 heavy (non-hydrogen) atoms. The second kappa shape index (κ2) is 8.41. The van der Waals surface area contributed by atoms with Crippen LogP contribution in [0, 0.1) is 17.6 Å². The van der Waals surface area contributed by atoms with Gasteiger partial charge in [0.2, 0.25) is 0 Å². The van der Waals surface area contributed by atoms with Crippen LogP contribution in [0.2, 0.25) is 0 Å². The normalized spacial score (nSPS) is 18.9. The summed E-state index contributed by atoms with van der Waals surface area (Å²) in [6.07, 6.45) is 1.35. The number of rotatable bonds is 7. The Bertz CT molecular complexity index is 467. The number of aliphatic hydroxyl groups is 1. The second-order valence-electron chi connectivity index (χ2n) is 5.71. The molecule has 1 aromatic carbocycles. The first-order chi connectivity index (χ1) is 10.6. The van der Waals surface area contributed by atoms with Gasteiger partial charge in [0.05, 0.1) is 6.10 Å². The zero-order valence-corrected chi connectivity index (χ0v) is 12.7. The molecule has 1 saturated heterocycles. The van der Waals surface area contributed by atoms with Gasteiger partial charge in [-0.05, 0) is 37.8 Å². The minimum atomic E-state index is -0.923. The van der Waals surface area contributed by atoms with Gasteiger partial charge in [0.1, 0.15) is 12.4 Å². The SMILES string of the molecule is C[C@@H](COc1ccc(F)c(F)c1)NC[C@H](O)C1CCOCC1. The average molecular weight is 315 g/mol. The van der Waals surface area contributed by atoms with Crippen molar-refractivity contribution in [1.82, 2.24) is 5.32 Å². The third kappa shape index (κ3) is 5.19. The summed E-state index contributed by atoms with van der Waals surface area (Å²) in [7, 11) is 0. The van der Waals surface area contributed by atoms with Crippen molar-refractivity contribution in [2.24, 2.45) is 5.92 Å². The Morgan fingerprint density at radius 3 is 2.73 bits per heavy atom. The zero-order chi connectivity index (χ0) is 15.9. The number of aliphatic hydroxyl groups excluding tert-OH is 1. The topological polar surface area (TPSA) is 50.7 Å². The van der Waals surface area contributed by atoms with E-state index in [4.69, 9.17) is 9.47 Å². The fraction of sp³-hybridized carbons (Fsp3) is 0.625. The maximum atomic E-state index is 13.0. The number of ether oxygens (including phenoxy) is 2. The van der Waals surface area contributed by atoms with Gasteiger partial charge >= 0.3 is 0 Å². The van der Waals surface area contributed by atoms with Crippen molar-refractivity contribution in [2.75, 3.05) is 26.4 Å². The first kappa shape index (κ1) is 17.1. The second-order valence-corrected chi connectivity index (χ2v) is 5.71. The first-order valence-corrected chi connectivity index (χ1v) is 7.63. The van der Waals surface area contributed by atoms with Gasteiger partial charge < -0.3 is 19.9 Å². The smallest absolute Gasteiger partial charge is 0.162 e. The maximum absolute atomic E-state index is 13.0. The summed E-state index contributed by atoms with van der Waals surface area (Å²) in [5.74, 6) is -1.26. The summed E-state index contributed by atoms with van der Waals surface area (Å²) in [6.45, 7) is 4.11. The lowest BCUT2D eigenvalue weighted by atomic mass is 9.94. The molecule has 2 atom stereocenters. The molecule has 0 unspecified atom stereocenters. The molecule has 0 spiro atoms. The Hall–Kier alpha value is -1.24. The van der Waals surface area contributed by atoms with Crippen LogP contribution in [0.15, 0.2) is 18.2 Å². The molecule has 0 amide bonds. The number of hydrogen-bond acceptors (Lipinski definition) is 4. The molecule has 0 radical (unpaired) electrons. The lowest BCUT2D eigenvalue weighted by molar-refractivity contribution is 0.00733. The van der Waals surface area contributed by atoms with Crippen LogP contribution in [0.3, 0.4) is 0 Å². The molecule has 2 rings (SSSR count). The third-order valence-corrected chi connectivity index (χ3v) is 3.88. The summed E-state index contributed by atoms with van der Waals surface area (Å²) >= 11 is 0. The van der Waals surface area contributed by atoms with Crippen molar-refractivity contribution in [3.63, 3.8) is 0 Å². The summed E-state index contributed by atoms with van der Waals surface area (Å²) in [6, 6.07) is 3.45. The molecule has 4 nitrogen and oxygen atoms in total. The predicted molar refractivity (Wildman–Crippen MR) is 78.9 cm³/mol. The molecule has 0 aromatic heterocycles. The van der Waals surface area contributed by atoms with E-state index < -0.39 is 17.7 Å². The van der Waals surface area contributed by atoms with Gasteiger partial charge in [0, 0.05) is 31.9 Å². The number of nitrogens with one attached hydrogen (secondary N) is 1. The molecule has 1 aromatic rings. The standard InChI is InChI=1S/C16H23F2NO3/c1-11(10-22-13-2-3-14(17)15(18)8-13)19-9-16(20)12-4-6-21-7-5-12/h2-3,8,11-12,16,19-20H,4-7,9-10H2,1H3/t11-,16-/m0/s1. The van der Waals surface area contributed by atoms with Crippen LogP contribution >= 0.6 is 0 Å². The third-order valence-electron chi connectivity index (χ3n) is 3.88. The molecule has 2 N–H and O–H groups in total. The van der Waals surface area contributed by atoms with Crippen LogP contribution in [0.4, 0.5) is 8.78 Å². The Balaban J connectivity index is 1.68. The van der Waals surface area contributed by atoms with Gasteiger partial charge in [-0.15, -0.1) is 0 Å². The Kier molecular flexibility index (Phi) is 6.54. The van der Waals surface area contributed by atoms with E-state index >= 15 is 0 Å². The molecular weight excluding hydrogens is 292 g/mol. The van der Waals surface area contributed by atoms with E-state index in [0.29, 0.717) is 26.4 Å². The molecule has 1 fully saturated rings. The summed E-state index contributed by atoms with van der Waals surface area (Å²) in [5, 5.41) is 13.3. The Labute approximate surface area is 129 Å². The van der Waals surface area contributed by atoms with Gasteiger partial charge in [0.15, 0.2) is 11.6 Å². The van der Waals surface area contributed by atoms with Crippen LogP contribution in [-0.4, -0.2) is 43.6 Å². The lowest BCUT2D eigenvalue weighted by Gasteiger charge is -2.27. The molecule has 1 heterocycles. The quantitative estimate of drug-likeness (QED) is 0.809. The molecule has 0 aliphatic carbocycles. The van der Waals surface area contributed by atoms with E-state index in [1.807, 2.05) is 6.92 Å². The van der Waals surface area contributed by atoms with Crippen molar-refractivity contribution in [3.8, 4) is 5.75 Å². The first-order valence-electron chi connectivity index (χ1n) is 7.63. The van der Waals surface area contributed by atoms with E-state index in [1.54, 1.807) is 0 Å². The van der Waals surface area contributed by atoms with Crippen LogP contribution in [0.1, 0.15) is 19.8 Å². The van der Waals surface area contributed by atoms with E-state index in [1.165, 1.54) is 6.07 Å².